The lowest BCUT2D eigenvalue weighted by molar-refractivity contribution is 0.0691. The number of carboxylic acids is 1. The molecule has 0 atom stereocenters. The third kappa shape index (κ3) is 3.09. The van der Waals surface area contributed by atoms with Gasteiger partial charge in [0.2, 0.25) is 0 Å². The molecule has 0 aliphatic carbocycles. The van der Waals surface area contributed by atoms with Gasteiger partial charge in [0, 0.05) is 10.6 Å². The van der Waals surface area contributed by atoms with Crippen LogP contribution >= 0.6 is 11.6 Å². The number of para-hydroxylation sites is 2. The van der Waals surface area contributed by atoms with Crippen molar-refractivity contribution in [3.63, 3.8) is 0 Å². The molecule has 0 unspecified atom stereocenters. The Morgan fingerprint density at radius 2 is 1.90 bits per heavy atom. The molecule has 2 aromatic carbocycles. The Morgan fingerprint density at radius 1 is 1.07 bits per heavy atom. The highest BCUT2D eigenvalue weighted by molar-refractivity contribution is 6.31. The number of nitrogens with one attached hydrogen (secondary N) is 1. The van der Waals surface area contributed by atoms with Gasteiger partial charge >= 0.3 is 5.97 Å². The highest BCUT2D eigenvalue weighted by Crippen LogP contribution is 2.27. The molecule has 0 bridgehead atoms. The molecule has 0 saturated carbocycles. The summed E-state index contributed by atoms with van der Waals surface area (Å²) in [5.74, 6) is 0.412. The molecule has 7 nitrogen and oxygen atoms in total. The number of aryl methyl sites for hydroxylation is 1. The highest BCUT2D eigenvalue weighted by atomic mass is 35.5. The van der Waals surface area contributed by atoms with E-state index in [9.17, 15) is 9.90 Å². The van der Waals surface area contributed by atoms with Gasteiger partial charge in [-0.25, -0.2) is 19.7 Å². The third-order valence-corrected chi connectivity index (χ3v) is 5.40. The third-order valence-electron chi connectivity index (χ3n) is 5.05. The van der Waals surface area contributed by atoms with Crippen molar-refractivity contribution in [1.29, 1.82) is 0 Å². The number of benzene rings is 2. The average molecular weight is 418 g/mol. The Labute approximate surface area is 176 Å². The molecule has 2 N–H and O–H groups in total. The number of aromatic amines is 1. The first-order valence-electron chi connectivity index (χ1n) is 9.30. The van der Waals surface area contributed by atoms with Gasteiger partial charge in [-0.15, -0.1) is 0 Å². The predicted octanol–water partition coefficient (Wildman–Crippen LogP) is 4.68. The molecule has 0 aliphatic heterocycles. The van der Waals surface area contributed by atoms with Crippen LogP contribution < -0.4 is 0 Å². The van der Waals surface area contributed by atoms with Crippen LogP contribution in [0.25, 0.3) is 33.6 Å². The van der Waals surface area contributed by atoms with Crippen LogP contribution in [0.5, 0.6) is 0 Å². The molecule has 0 radical (unpaired) electrons. The van der Waals surface area contributed by atoms with E-state index in [0.29, 0.717) is 22.7 Å². The summed E-state index contributed by atoms with van der Waals surface area (Å²) in [5.41, 5.74) is 4.77. The number of hydrogen-bond acceptors (Lipinski definition) is 4. The van der Waals surface area contributed by atoms with Gasteiger partial charge in [-0.2, -0.15) is 0 Å². The van der Waals surface area contributed by atoms with Gasteiger partial charge in [0.15, 0.2) is 11.3 Å². The smallest absolute Gasteiger partial charge is 0.354 e. The van der Waals surface area contributed by atoms with Gasteiger partial charge in [0.05, 0.1) is 17.6 Å². The van der Waals surface area contributed by atoms with Crippen molar-refractivity contribution < 1.29 is 9.90 Å². The summed E-state index contributed by atoms with van der Waals surface area (Å²) in [5, 5.41) is 9.83. The van der Waals surface area contributed by atoms with Crippen molar-refractivity contribution >= 4 is 39.8 Å². The summed E-state index contributed by atoms with van der Waals surface area (Å²) < 4.78 is 1.86. The Kier molecular flexibility index (Phi) is 4.25. The molecule has 3 heterocycles. The quantitative estimate of drug-likeness (QED) is 0.442. The van der Waals surface area contributed by atoms with E-state index in [1.165, 1.54) is 6.07 Å². The van der Waals surface area contributed by atoms with Gasteiger partial charge in [0.25, 0.3) is 0 Å². The molecular formula is C22H16ClN5O2. The summed E-state index contributed by atoms with van der Waals surface area (Å²) in [6, 6.07) is 16.7. The van der Waals surface area contributed by atoms with E-state index < -0.39 is 5.97 Å². The molecule has 8 heteroatoms. The number of aromatic nitrogens is 5. The lowest BCUT2D eigenvalue weighted by Gasteiger charge is -2.10. The number of rotatable bonds is 4. The fourth-order valence-electron chi connectivity index (χ4n) is 3.51. The van der Waals surface area contributed by atoms with Crippen molar-refractivity contribution in [2.24, 2.45) is 0 Å². The zero-order valence-electron chi connectivity index (χ0n) is 15.9. The van der Waals surface area contributed by atoms with Crippen LogP contribution in [0.2, 0.25) is 5.02 Å². The van der Waals surface area contributed by atoms with Crippen LogP contribution in [0.4, 0.5) is 0 Å². The van der Waals surface area contributed by atoms with E-state index in [0.717, 1.165) is 33.8 Å². The normalized spacial score (nSPS) is 11.4. The van der Waals surface area contributed by atoms with Crippen LogP contribution in [-0.2, 0) is 6.54 Å². The number of aromatic carboxylic acids is 1. The molecule has 0 saturated heterocycles. The van der Waals surface area contributed by atoms with Gasteiger partial charge < -0.3 is 14.7 Å². The molecule has 5 rings (SSSR count). The molecule has 0 fully saturated rings. The summed E-state index contributed by atoms with van der Waals surface area (Å²) in [6.45, 7) is 2.29. The average Bonchev–Trinajstić information content (AvgIpc) is 3.30. The Hall–Kier alpha value is -3.71. The molecule has 0 amide bonds. The first-order chi connectivity index (χ1) is 14.5. The summed E-state index contributed by atoms with van der Waals surface area (Å²) in [4.78, 5) is 27.9. The number of pyridine rings is 1. The summed E-state index contributed by atoms with van der Waals surface area (Å²) >= 11 is 6.59. The fraction of sp³-hybridized carbons (Fsp3) is 0.0909. The zero-order chi connectivity index (χ0) is 20.8. The number of imidazole rings is 2. The first kappa shape index (κ1) is 18.3. The minimum absolute atomic E-state index is 0.0185. The highest BCUT2D eigenvalue weighted by Gasteiger charge is 2.15. The topological polar surface area (TPSA) is 96.7 Å². The van der Waals surface area contributed by atoms with Crippen molar-refractivity contribution in [2.75, 3.05) is 0 Å². The lowest BCUT2D eigenvalue weighted by atomic mass is 10.1. The van der Waals surface area contributed by atoms with E-state index in [1.807, 2.05) is 54.0 Å². The van der Waals surface area contributed by atoms with Gasteiger partial charge in [-0.1, -0.05) is 35.9 Å². The van der Waals surface area contributed by atoms with Gasteiger partial charge in [0.1, 0.15) is 17.2 Å². The minimum atomic E-state index is -1.07. The molecule has 148 valence electrons. The maximum absolute atomic E-state index is 11.3. The molecule has 5 aromatic rings. The fourth-order valence-corrected chi connectivity index (χ4v) is 3.75. The Morgan fingerprint density at radius 3 is 2.67 bits per heavy atom. The molecule has 3 aromatic heterocycles. The summed E-state index contributed by atoms with van der Waals surface area (Å²) in [6.07, 6.45) is 0. The predicted molar refractivity (Wildman–Crippen MR) is 115 cm³/mol. The maximum atomic E-state index is 11.3. The molecule has 30 heavy (non-hydrogen) atoms. The van der Waals surface area contributed by atoms with E-state index in [1.54, 1.807) is 6.07 Å². The van der Waals surface area contributed by atoms with Crippen LogP contribution in [0.1, 0.15) is 21.9 Å². The van der Waals surface area contributed by atoms with Crippen LogP contribution in [-0.4, -0.2) is 35.6 Å². The number of carboxylic acid groups (broad SMARTS) is 1. The minimum Gasteiger partial charge on any atom is -0.477 e. The second-order valence-corrected chi connectivity index (χ2v) is 7.41. The van der Waals surface area contributed by atoms with Gasteiger partial charge in [-0.05, 0) is 42.8 Å². The number of hydrogen-bond donors (Lipinski definition) is 2. The van der Waals surface area contributed by atoms with Crippen molar-refractivity contribution in [3.05, 3.63) is 76.7 Å². The monoisotopic (exact) mass is 417 g/mol. The van der Waals surface area contributed by atoms with Crippen molar-refractivity contribution in [2.45, 2.75) is 13.5 Å². The standard InChI is InChI=1S/C22H16ClN5O2/c1-12-24-18-8-9-19(22(29)30)27-21(18)28(12)11-14-7-6-13(10-15(14)23)20-25-16-4-2-3-5-17(16)26-20/h2-10H,11H2,1H3,(H,25,26)(H,29,30). The number of halogens is 1. The summed E-state index contributed by atoms with van der Waals surface area (Å²) in [7, 11) is 0. The first-order valence-corrected chi connectivity index (χ1v) is 9.68. The largest absolute Gasteiger partial charge is 0.477 e. The number of nitrogens with zero attached hydrogens (tertiary/aromatic N) is 4. The number of carbonyl (C=O) groups is 1. The van der Waals surface area contributed by atoms with Crippen LogP contribution in [0.15, 0.2) is 54.6 Å². The van der Waals surface area contributed by atoms with E-state index in [-0.39, 0.29) is 5.69 Å². The maximum Gasteiger partial charge on any atom is 0.354 e. The Balaban J connectivity index is 1.52. The molecular weight excluding hydrogens is 402 g/mol. The number of H-pyrrole nitrogens is 1. The van der Waals surface area contributed by atoms with E-state index in [4.69, 9.17) is 11.6 Å². The van der Waals surface area contributed by atoms with E-state index in [2.05, 4.69) is 19.9 Å². The Bertz CT molecular complexity index is 1400. The molecule has 0 spiro atoms. The second kappa shape index (κ2) is 6.96. The van der Waals surface area contributed by atoms with Crippen molar-refractivity contribution in [3.8, 4) is 11.4 Å². The van der Waals surface area contributed by atoms with Gasteiger partial charge in [-0.3, -0.25) is 0 Å². The van der Waals surface area contributed by atoms with Crippen LogP contribution in [0.3, 0.4) is 0 Å². The molecule has 0 aliphatic rings. The lowest BCUT2D eigenvalue weighted by Crippen LogP contribution is -2.06. The SMILES string of the molecule is Cc1nc2ccc(C(=O)O)nc2n1Cc1ccc(-c2nc3ccccc3[nH]2)cc1Cl. The van der Waals surface area contributed by atoms with Crippen molar-refractivity contribution in [1.82, 2.24) is 24.5 Å². The van der Waals surface area contributed by atoms with Crippen LogP contribution in [0, 0.1) is 6.92 Å². The zero-order valence-corrected chi connectivity index (χ0v) is 16.7. The number of fused-ring (bicyclic) bond motifs is 2. The van der Waals surface area contributed by atoms with E-state index >= 15 is 0 Å². The second-order valence-electron chi connectivity index (χ2n) is 7.00.